The molecule has 137 heavy (non-hydrogen) atoms. The van der Waals surface area contributed by atoms with Crippen LogP contribution in [0.2, 0.25) is 0 Å². The number of rotatable bonds is 40. The van der Waals surface area contributed by atoms with Gasteiger partial charge in [-0.1, -0.05) is 271 Å². The van der Waals surface area contributed by atoms with Gasteiger partial charge < -0.3 is 94.0 Å². The van der Waals surface area contributed by atoms with Crippen molar-refractivity contribution in [3.63, 3.8) is 0 Å². The van der Waals surface area contributed by atoms with Gasteiger partial charge in [0.15, 0.2) is 28.2 Å². The molecule has 0 amide bonds. The van der Waals surface area contributed by atoms with E-state index in [0.29, 0.717) is 78.7 Å². The summed E-state index contributed by atoms with van der Waals surface area (Å²) < 4.78 is 9.07. The van der Waals surface area contributed by atoms with Crippen molar-refractivity contribution < 1.29 is 40.9 Å². The highest BCUT2D eigenvalue weighted by atomic mass is 16.3. The van der Waals surface area contributed by atoms with Crippen molar-refractivity contribution in [3.05, 3.63) is 281 Å². The number of aromatic nitrogens is 15. The van der Waals surface area contributed by atoms with E-state index in [1.807, 2.05) is 160 Å². The third kappa shape index (κ3) is 30.8. The summed E-state index contributed by atoms with van der Waals surface area (Å²) in [6.45, 7) is 32.9. The molecule has 33 nitrogen and oxygen atoms in total. The summed E-state index contributed by atoms with van der Waals surface area (Å²) in [5.74, 6) is 8.88. The summed E-state index contributed by atoms with van der Waals surface area (Å²) in [5.41, 5.74) is 15.2. The Morgan fingerprint density at radius 3 is 0.715 bits per heavy atom. The fourth-order valence-electron chi connectivity index (χ4n) is 14.2. The quantitative estimate of drug-likeness (QED) is 0.0159. The molecule has 0 saturated carbocycles. The Balaban J connectivity index is 0.000000261. The third-order valence-electron chi connectivity index (χ3n) is 21.9. The first-order valence-corrected chi connectivity index (χ1v) is 45.1. The summed E-state index contributed by atoms with van der Waals surface area (Å²) in [4.78, 5) is 23.4. The number of hydrogen-bond acceptors (Lipinski definition) is 28. The van der Waals surface area contributed by atoms with E-state index >= 15 is 0 Å². The van der Waals surface area contributed by atoms with Gasteiger partial charge in [0.25, 0.3) is 0 Å². The van der Waals surface area contributed by atoms with Gasteiger partial charge in [-0.05, 0) is 77.7 Å². The maximum Gasteiger partial charge on any atom is 0.163 e. The summed E-state index contributed by atoms with van der Waals surface area (Å²) in [6, 6.07) is 58.9. The SMILES string of the molecule is C.C.C.C.C.C=C[C@H](CO)Nc1cc(NCc2ccccc2)n2ncc(C(C)C)c2n1.CC(C)Nc1cc(NCc2ccccc2)n2ncc(C(C)C)c2n1.CC(C)c1cnn2c(NCc3ccccc3)cc(N[C@@H](CO)[C@@H](O)CO)nc12.CC(C)c1cnn2c(NCc3ccccc3)cc(N[C@@H](CO)[C@H](O)CO)nc12.CC[C@H](CO)Nc1cc(NCc2ccccc2)n2ncc(C(C)C)c2n1. The Morgan fingerprint density at radius 2 is 0.526 bits per heavy atom. The largest absolute Gasteiger partial charge is 0.394 e. The molecule has 15 aromatic rings. The Bertz CT molecular complexity index is 5860. The van der Waals surface area contributed by atoms with Gasteiger partial charge in [0.2, 0.25) is 0 Å². The average molecular weight is 1880 g/mol. The minimum absolute atomic E-state index is 0. The van der Waals surface area contributed by atoms with Gasteiger partial charge in [0.05, 0.1) is 107 Å². The average Bonchev–Trinajstić information content (AvgIpc) is 1.46. The molecule has 0 bridgehead atoms. The molecule has 0 aliphatic rings. The fourth-order valence-corrected chi connectivity index (χ4v) is 14.2. The lowest BCUT2D eigenvalue weighted by atomic mass is 10.1. The van der Waals surface area contributed by atoms with Crippen molar-refractivity contribution in [3.8, 4) is 0 Å². The molecule has 0 aliphatic carbocycles. The maximum absolute atomic E-state index is 9.88. The standard InChI is InChI=1S/2C20H27N5O3.C20H27N5O.C20H25N5O.C19H25N5.5CH4/c2*1-13(2)15-10-22-25-19(21-9-14-6-4-3-5-7-14)8-18(24-20(15)25)23-16(11-26)17(28)12-27;2*1-4-16(13-26)23-18-10-19(21-11-15-8-6-5-7-9-15)25-20(24-18)17(12-22-25)14(2)3;1-13(2)16-12-21-24-18(20-11-15-8-6-5-7-9-15)10-17(22-14(3)4)23-19(16)24;;;;;/h2*3-8,10,13,16-17,21,26-28H,9,11-12H2,1-2H3,(H,23,24);5-10,12,14,16,21,26H,4,11,13H2,1-3H3,(H,23,24);4-10,12,14,16,21,26H,1,11,13H2,2-3H3,(H,23,24);5-10,12-14,20H,11H2,1-4H3,(H,22,23);5*1H4/t16-,17+;16-,17-;2*16-;;;;;;/m0011....../s1. The molecule has 0 unspecified atom stereocenters. The van der Waals surface area contributed by atoms with Crippen LogP contribution < -0.4 is 53.2 Å². The van der Waals surface area contributed by atoms with Crippen LogP contribution in [0.15, 0.2) is 226 Å². The normalized spacial score (nSPS) is 12.3. The molecule has 10 aromatic heterocycles. The van der Waals surface area contributed by atoms with Crippen LogP contribution in [0, 0.1) is 0 Å². The van der Waals surface area contributed by atoms with Crippen LogP contribution in [0.25, 0.3) is 28.2 Å². The number of hydrogen-bond donors (Lipinski definition) is 18. The summed E-state index contributed by atoms with van der Waals surface area (Å²) in [7, 11) is 0. The van der Waals surface area contributed by atoms with Crippen LogP contribution in [0.5, 0.6) is 0 Å². The van der Waals surface area contributed by atoms with E-state index in [4.69, 9.17) is 15.0 Å². The molecule has 5 aromatic carbocycles. The van der Waals surface area contributed by atoms with Gasteiger partial charge in [0.1, 0.15) is 58.2 Å². The third-order valence-corrected chi connectivity index (χ3v) is 21.9. The molecule has 15 rings (SSSR count). The number of nitrogens with zero attached hydrogens (tertiary/aromatic N) is 15. The molecule has 0 radical (unpaired) electrons. The fraction of sp³-hybridized carbons (Fsp3) is 0.404. The second-order valence-corrected chi connectivity index (χ2v) is 34.0. The van der Waals surface area contributed by atoms with Gasteiger partial charge in [0, 0.05) is 96.9 Å². The number of anilines is 10. The number of fused-ring (bicyclic) bond motifs is 5. The Morgan fingerprint density at radius 1 is 0.299 bits per heavy atom. The second kappa shape index (κ2) is 55.6. The highest BCUT2D eigenvalue weighted by molar-refractivity contribution is 5.67. The van der Waals surface area contributed by atoms with Crippen LogP contribution in [0.1, 0.15) is 219 Å². The monoisotopic (exact) mass is 1880 g/mol. The van der Waals surface area contributed by atoms with Crippen LogP contribution >= 0.6 is 0 Å². The van der Waals surface area contributed by atoms with Gasteiger partial charge in [-0.15, -0.1) is 6.58 Å². The molecule has 33 heteroatoms. The van der Waals surface area contributed by atoms with Crippen molar-refractivity contribution in [1.82, 2.24) is 73.0 Å². The molecule has 740 valence electrons. The smallest absolute Gasteiger partial charge is 0.163 e. The molecule has 0 aliphatic heterocycles. The minimum atomic E-state index is -1.10. The molecule has 10 heterocycles. The van der Waals surface area contributed by atoms with Crippen LogP contribution in [0.4, 0.5) is 58.2 Å². The van der Waals surface area contributed by atoms with E-state index in [-0.39, 0.29) is 87.5 Å². The minimum Gasteiger partial charge on any atom is -0.394 e. The van der Waals surface area contributed by atoms with Crippen LogP contribution in [-0.2, 0) is 32.7 Å². The first kappa shape index (κ1) is 112. The maximum atomic E-state index is 9.88. The Kier molecular flexibility index (Phi) is 45.6. The first-order chi connectivity index (χ1) is 63.8. The lowest BCUT2D eigenvalue weighted by Crippen LogP contribution is -2.39. The lowest BCUT2D eigenvalue weighted by Gasteiger charge is -2.22. The van der Waals surface area contributed by atoms with E-state index in [2.05, 4.69) is 227 Å². The van der Waals surface area contributed by atoms with E-state index in [9.17, 15) is 40.9 Å². The number of aliphatic hydroxyl groups excluding tert-OH is 8. The van der Waals surface area contributed by atoms with Crippen molar-refractivity contribution >= 4 is 86.4 Å². The molecule has 0 spiro atoms. The molecule has 0 saturated heterocycles. The number of benzene rings is 5. The summed E-state index contributed by atoms with van der Waals surface area (Å²) >= 11 is 0. The molecule has 0 fully saturated rings. The van der Waals surface area contributed by atoms with Crippen LogP contribution in [-0.4, -0.2) is 196 Å². The van der Waals surface area contributed by atoms with E-state index in [1.165, 1.54) is 16.7 Å². The molecule has 18 N–H and O–H groups in total. The predicted molar refractivity (Wildman–Crippen MR) is 561 cm³/mol. The van der Waals surface area contributed by atoms with Gasteiger partial charge in [-0.2, -0.15) is 48.1 Å². The van der Waals surface area contributed by atoms with Crippen molar-refractivity contribution in [1.29, 1.82) is 0 Å². The highest BCUT2D eigenvalue weighted by Crippen LogP contribution is 2.32. The van der Waals surface area contributed by atoms with E-state index in [0.717, 1.165) is 110 Å². The summed E-state index contributed by atoms with van der Waals surface area (Å²) in [5, 5.41) is 132. The zero-order chi connectivity index (χ0) is 94.3. The van der Waals surface area contributed by atoms with E-state index in [1.54, 1.807) is 39.6 Å². The summed E-state index contributed by atoms with van der Waals surface area (Å²) in [6.07, 6.45) is 9.56. The zero-order valence-electron chi connectivity index (χ0n) is 77.7. The van der Waals surface area contributed by atoms with Crippen molar-refractivity contribution in [2.24, 2.45) is 0 Å². The lowest BCUT2D eigenvalue weighted by molar-refractivity contribution is 0.0611. The van der Waals surface area contributed by atoms with Gasteiger partial charge in [-0.3, -0.25) is 0 Å². The highest BCUT2D eigenvalue weighted by Gasteiger charge is 2.25. The van der Waals surface area contributed by atoms with E-state index < -0.39 is 37.5 Å². The molecule has 6 atom stereocenters. The number of aliphatic hydroxyl groups is 8. The first-order valence-electron chi connectivity index (χ1n) is 45.1. The van der Waals surface area contributed by atoms with Crippen molar-refractivity contribution in [2.75, 3.05) is 92.8 Å². The second-order valence-electron chi connectivity index (χ2n) is 34.0. The van der Waals surface area contributed by atoms with Crippen molar-refractivity contribution in [2.45, 2.75) is 238 Å². The van der Waals surface area contributed by atoms with Gasteiger partial charge >= 0.3 is 0 Å². The predicted octanol–water partition coefficient (Wildman–Crippen LogP) is 17.7. The van der Waals surface area contributed by atoms with Gasteiger partial charge in [-0.25, -0.2) is 24.9 Å². The molecular formula is C104H151N25O8. The van der Waals surface area contributed by atoms with Crippen LogP contribution in [0.3, 0.4) is 0 Å². The Hall–Kier alpha value is -13.4. The zero-order valence-corrected chi connectivity index (χ0v) is 77.7. The molecular weight excluding hydrogens is 1730 g/mol. The Labute approximate surface area is 808 Å². The topological polar surface area (TPSA) is 433 Å². The number of nitrogens with one attached hydrogen (secondary N) is 10.